The Balaban J connectivity index is 1.76. The molecule has 1 heterocycles. The molecule has 1 atom stereocenters. The summed E-state index contributed by atoms with van der Waals surface area (Å²) in [6, 6.07) is 15.4. The molecule has 0 bridgehead atoms. The minimum atomic E-state index is -3.32. The summed E-state index contributed by atoms with van der Waals surface area (Å²) in [5.74, 6) is 0.169. The zero-order valence-electron chi connectivity index (χ0n) is 15.8. The maximum atomic E-state index is 12.9. The van der Waals surface area contributed by atoms with Gasteiger partial charge < -0.3 is 14.4 Å². The number of carbonyl (C=O) groups excluding carboxylic acids is 1. The first-order valence-electron chi connectivity index (χ1n) is 8.87. The van der Waals surface area contributed by atoms with Gasteiger partial charge in [0.1, 0.15) is 0 Å². The third-order valence-electron chi connectivity index (χ3n) is 4.47. The minimum Gasteiger partial charge on any atom is -0.493 e. The van der Waals surface area contributed by atoms with Crippen LogP contribution in [0.2, 0.25) is 0 Å². The maximum Gasteiger partial charge on any atom is 0.261 e. The molecule has 0 saturated heterocycles. The molecule has 3 rings (SSSR count). The number of methoxy groups -OCH3 is 1. The molecule has 2 aromatic rings. The Morgan fingerprint density at radius 2 is 1.97 bits per heavy atom. The van der Waals surface area contributed by atoms with Crippen molar-refractivity contribution < 1.29 is 22.7 Å². The molecule has 0 aromatic heterocycles. The van der Waals surface area contributed by atoms with Gasteiger partial charge in [0.25, 0.3) is 5.91 Å². The Morgan fingerprint density at radius 3 is 2.59 bits per heavy atom. The van der Waals surface area contributed by atoms with Crippen molar-refractivity contribution in [3.05, 3.63) is 71.1 Å². The van der Waals surface area contributed by atoms with Crippen molar-refractivity contribution in [1.82, 2.24) is 4.90 Å². The van der Waals surface area contributed by atoms with Crippen LogP contribution in [0.1, 0.15) is 11.1 Å². The topological polar surface area (TPSA) is 96.7 Å². The van der Waals surface area contributed by atoms with E-state index >= 15 is 0 Å². The van der Waals surface area contributed by atoms with E-state index in [-0.39, 0.29) is 24.8 Å². The van der Waals surface area contributed by atoms with E-state index in [4.69, 9.17) is 14.7 Å². The lowest BCUT2D eigenvalue weighted by Crippen LogP contribution is -2.42. The lowest BCUT2D eigenvalue weighted by molar-refractivity contribution is -0.135. The fourth-order valence-corrected chi connectivity index (χ4v) is 4.30. The highest BCUT2D eigenvalue weighted by atomic mass is 32.2. The van der Waals surface area contributed by atoms with Crippen LogP contribution in [-0.2, 0) is 21.2 Å². The van der Waals surface area contributed by atoms with Gasteiger partial charge in [0, 0.05) is 18.0 Å². The molecule has 0 saturated carbocycles. The number of amides is 1. The second kappa shape index (κ2) is 8.80. The van der Waals surface area contributed by atoms with Crippen molar-refractivity contribution in [2.45, 2.75) is 12.6 Å². The van der Waals surface area contributed by atoms with Gasteiger partial charge in [-0.3, -0.25) is 4.79 Å². The zero-order valence-corrected chi connectivity index (χ0v) is 16.6. The second-order valence-corrected chi connectivity index (χ2v) is 8.43. The largest absolute Gasteiger partial charge is 0.493 e. The van der Waals surface area contributed by atoms with E-state index in [2.05, 4.69) is 0 Å². The van der Waals surface area contributed by atoms with Crippen LogP contribution in [0.4, 0.5) is 0 Å². The van der Waals surface area contributed by atoms with Crippen molar-refractivity contribution in [3.63, 3.8) is 0 Å². The highest BCUT2D eigenvalue weighted by Crippen LogP contribution is 2.28. The number of hydrogen-bond donors (Lipinski definition) is 0. The molecular formula is C21H20N2O5S. The first-order valence-corrected chi connectivity index (χ1v) is 10.6. The van der Waals surface area contributed by atoms with Crippen LogP contribution in [-0.4, -0.2) is 44.7 Å². The van der Waals surface area contributed by atoms with Crippen LogP contribution in [0.5, 0.6) is 11.5 Å². The SMILES string of the molecule is COc1cc(C#N)ccc1OCC(=O)N(Cc1ccccc1)[C@@H]1C=CS(=O)(=O)C1. The van der Waals surface area contributed by atoms with Crippen LogP contribution in [0.3, 0.4) is 0 Å². The lowest BCUT2D eigenvalue weighted by atomic mass is 10.1. The molecule has 0 radical (unpaired) electrons. The Bertz CT molecular complexity index is 1060. The van der Waals surface area contributed by atoms with Crippen LogP contribution in [0, 0.1) is 11.3 Å². The molecule has 0 aliphatic carbocycles. The summed E-state index contributed by atoms with van der Waals surface area (Å²) in [7, 11) is -1.87. The summed E-state index contributed by atoms with van der Waals surface area (Å²) in [5, 5.41) is 10.1. The molecule has 1 aliphatic heterocycles. The number of sulfone groups is 1. The monoisotopic (exact) mass is 412 g/mol. The summed E-state index contributed by atoms with van der Waals surface area (Å²) in [6.45, 7) is -0.0302. The molecule has 0 fully saturated rings. The van der Waals surface area contributed by atoms with Crippen molar-refractivity contribution in [2.24, 2.45) is 0 Å². The highest BCUT2D eigenvalue weighted by Gasteiger charge is 2.30. The smallest absolute Gasteiger partial charge is 0.261 e. The molecule has 1 aliphatic rings. The van der Waals surface area contributed by atoms with Gasteiger partial charge in [-0.25, -0.2) is 8.42 Å². The third-order valence-corrected chi connectivity index (χ3v) is 5.85. The molecule has 0 spiro atoms. The average molecular weight is 412 g/mol. The minimum absolute atomic E-state index is 0.147. The van der Waals surface area contributed by atoms with E-state index in [0.29, 0.717) is 17.1 Å². The zero-order chi connectivity index (χ0) is 20.9. The number of ether oxygens (including phenoxy) is 2. The summed E-state index contributed by atoms with van der Waals surface area (Å²) >= 11 is 0. The number of benzene rings is 2. The van der Waals surface area contributed by atoms with Crippen LogP contribution in [0.25, 0.3) is 0 Å². The molecule has 29 heavy (non-hydrogen) atoms. The number of nitriles is 1. The molecule has 0 unspecified atom stereocenters. The van der Waals surface area contributed by atoms with Crippen molar-refractivity contribution in [3.8, 4) is 17.6 Å². The highest BCUT2D eigenvalue weighted by molar-refractivity contribution is 7.94. The van der Waals surface area contributed by atoms with E-state index in [1.54, 1.807) is 12.1 Å². The summed E-state index contributed by atoms with van der Waals surface area (Å²) in [5.41, 5.74) is 1.29. The average Bonchev–Trinajstić information content (AvgIpc) is 3.10. The molecule has 150 valence electrons. The van der Waals surface area contributed by atoms with Gasteiger partial charge in [0.05, 0.1) is 30.5 Å². The molecular weight excluding hydrogens is 392 g/mol. The van der Waals surface area contributed by atoms with E-state index in [1.807, 2.05) is 36.4 Å². The van der Waals surface area contributed by atoms with Crippen LogP contribution >= 0.6 is 0 Å². The van der Waals surface area contributed by atoms with Gasteiger partial charge in [-0.2, -0.15) is 5.26 Å². The van der Waals surface area contributed by atoms with Gasteiger partial charge in [0.2, 0.25) is 0 Å². The Labute approximate surface area is 169 Å². The Hall–Kier alpha value is -3.31. The summed E-state index contributed by atoms with van der Waals surface area (Å²) in [4.78, 5) is 14.4. The Morgan fingerprint density at radius 1 is 1.21 bits per heavy atom. The fraction of sp³-hybridized carbons (Fsp3) is 0.238. The van der Waals surface area contributed by atoms with Crippen molar-refractivity contribution in [2.75, 3.05) is 19.5 Å². The molecule has 7 nitrogen and oxygen atoms in total. The number of rotatable bonds is 7. The third kappa shape index (κ3) is 5.15. The van der Waals surface area contributed by atoms with E-state index in [0.717, 1.165) is 11.0 Å². The predicted molar refractivity (Wildman–Crippen MR) is 107 cm³/mol. The van der Waals surface area contributed by atoms with Crippen molar-refractivity contribution in [1.29, 1.82) is 5.26 Å². The molecule has 8 heteroatoms. The van der Waals surface area contributed by atoms with Gasteiger partial charge >= 0.3 is 0 Å². The summed E-state index contributed by atoms with van der Waals surface area (Å²) < 4.78 is 34.5. The second-order valence-electron chi connectivity index (χ2n) is 6.50. The standard InChI is InChI=1S/C21H20N2O5S/c1-27-20-11-17(12-22)7-8-19(20)28-14-21(24)23(13-16-5-3-2-4-6-16)18-9-10-29(25,26)15-18/h2-11,18H,13-15H2,1H3/t18-/m1/s1. The molecule has 2 aromatic carbocycles. The quantitative estimate of drug-likeness (QED) is 0.692. The van der Waals surface area contributed by atoms with Crippen LogP contribution in [0.15, 0.2) is 60.0 Å². The first kappa shape index (κ1) is 20.4. The normalized spacial score (nSPS) is 16.8. The van der Waals surface area contributed by atoms with E-state index < -0.39 is 15.9 Å². The van der Waals surface area contributed by atoms with Crippen molar-refractivity contribution >= 4 is 15.7 Å². The van der Waals surface area contributed by atoms with E-state index in [1.165, 1.54) is 24.2 Å². The number of hydrogen-bond acceptors (Lipinski definition) is 6. The first-order chi connectivity index (χ1) is 13.9. The summed E-state index contributed by atoms with van der Waals surface area (Å²) in [6.07, 6.45) is 1.53. The van der Waals surface area contributed by atoms with Crippen LogP contribution < -0.4 is 9.47 Å². The predicted octanol–water partition coefficient (Wildman–Crippen LogP) is 2.29. The molecule has 1 amide bonds. The van der Waals surface area contributed by atoms with Gasteiger partial charge in [0.15, 0.2) is 27.9 Å². The number of nitrogens with zero attached hydrogens (tertiary/aromatic N) is 2. The van der Waals surface area contributed by atoms with E-state index in [9.17, 15) is 13.2 Å². The van der Waals surface area contributed by atoms with Gasteiger partial charge in [-0.15, -0.1) is 0 Å². The fourth-order valence-electron chi connectivity index (χ4n) is 3.00. The van der Waals surface area contributed by atoms with Gasteiger partial charge in [-0.05, 0) is 23.8 Å². The Kier molecular flexibility index (Phi) is 6.20. The maximum absolute atomic E-state index is 12.9. The number of carbonyl (C=O) groups is 1. The molecule has 0 N–H and O–H groups in total. The lowest BCUT2D eigenvalue weighted by Gasteiger charge is -2.27. The van der Waals surface area contributed by atoms with Gasteiger partial charge in [-0.1, -0.05) is 30.3 Å².